The van der Waals surface area contributed by atoms with Crippen molar-refractivity contribution in [2.45, 2.75) is 0 Å². The fourth-order valence-electron chi connectivity index (χ4n) is 1.93. The fraction of sp³-hybridized carbons (Fsp3) is 0. The highest BCUT2D eigenvalue weighted by Gasteiger charge is 2.01. The molecule has 0 aliphatic rings. The quantitative estimate of drug-likeness (QED) is 0.474. The van der Waals surface area contributed by atoms with Crippen molar-refractivity contribution >= 4 is 21.5 Å². The van der Waals surface area contributed by atoms with Gasteiger partial charge in [-0.3, -0.25) is 0 Å². The van der Waals surface area contributed by atoms with E-state index < -0.39 is 0 Å². The van der Waals surface area contributed by atoms with E-state index in [1.807, 2.05) is 42.5 Å². The zero-order valence-electron chi connectivity index (χ0n) is 8.07. The molecule has 0 N–H and O–H groups in total. The zero-order chi connectivity index (χ0) is 10.3. The average molecular weight is 196 g/mol. The van der Waals surface area contributed by atoms with Crippen LogP contribution in [-0.4, -0.2) is 0 Å². The van der Waals surface area contributed by atoms with Crippen LogP contribution in [0.4, 0.5) is 4.39 Å². The first-order valence-corrected chi connectivity index (χ1v) is 4.92. The van der Waals surface area contributed by atoms with Gasteiger partial charge in [0.1, 0.15) is 5.82 Å². The molecule has 0 aliphatic heterocycles. The van der Waals surface area contributed by atoms with Crippen LogP contribution < -0.4 is 0 Å². The molecule has 72 valence electrons. The van der Waals surface area contributed by atoms with Gasteiger partial charge in [-0.25, -0.2) is 4.39 Å². The summed E-state index contributed by atoms with van der Waals surface area (Å²) in [6.07, 6.45) is 0. The van der Waals surface area contributed by atoms with E-state index in [2.05, 4.69) is 0 Å². The molecule has 0 atom stereocenters. The Morgan fingerprint density at radius 3 is 2.13 bits per heavy atom. The number of fused-ring (bicyclic) bond motifs is 2. The van der Waals surface area contributed by atoms with Gasteiger partial charge in [-0.1, -0.05) is 36.4 Å². The summed E-state index contributed by atoms with van der Waals surface area (Å²) in [5, 5.41) is 3.87. The number of halogens is 1. The molecule has 0 aliphatic carbocycles. The zero-order valence-corrected chi connectivity index (χ0v) is 8.07. The lowest BCUT2D eigenvalue weighted by molar-refractivity contribution is 0.640. The third-order valence-corrected chi connectivity index (χ3v) is 2.69. The van der Waals surface area contributed by atoms with Crippen molar-refractivity contribution in [3.63, 3.8) is 0 Å². The molecule has 0 heterocycles. The molecule has 3 aromatic carbocycles. The van der Waals surface area contributed by atoms with E-state index in [0.717, 1.165) is 16.2 Å². The van der Waals surface area contributed by atoms with Crippen molar-refractivity contribution in [3.8, 4) is 0 Å². The Labute approximate surface area is 87.0 Å². The summed E-state index contributed by atoms with van der Waals surface area (Å²) in [5.74, 6) is -0.154. The van der Waals surface area contributed by atoms with Gasteiger partial charge in [0.05, 0.1) is 0 Å². The van der Waals surface area contributed by atoms with Gasteiger partial charge >= 0.3 is 0 Å². The SMILES string of the molecule is Fc1cccc2cc3ccccc3cc12. The van der Waals surface area contributed by atoms with Crippen LogP contribution in [0.2, 0.25) is 0 Å². The van der Waals surface area contributed by atoms with Gasteiger partial charge in [0.25, 0.3) is 0 Å². The van der Waals surface area contributed by atoms with Crippen molar-refractivity contribution in [1.29, 1.82) is 0 Å². The topological polar surface area (TPSA) is 0 Å². The predicted molar refractivity (Wildman–Crippen MR) is 61.4 cm³/mol. The molecule has 0 amide bonds. The summed E-state index contributed by atoms with van der Waals surface area (Å²) in [4.78, 5) is 0. The van der Waals surface area contributed by atoms with E-state index in [9.17, 15) is 4.39 Å². The highest BCUT2D eigenvalue weighted by Crippen LogP contribution is 2.24. The second kappa shape index (κ2) is 3.06. The van der Waals surface area contributed by atoms with E-state index in [-0.39, 0.29) is 5.82 Å². The lowest BCUT2D eigenvalue weighted by atomic mass is 10.0. The highest BCUT2D eigenvalue weighted by molar-refractivity contribution is 5.98. The minimum atomic E-state index is -0.154. The fourth-order valence-corrected chi connectivity index (χ4v) is 1.93. The highest BCUT2D eigenvalue weighted by atomic mass is 19.1. The Balaban J connectivity index is 2.53. The molecule has 0 saturated carbocycles. The number of rotatable bonds is 0. The predicted octanol–water partition coefficient (Wildman–Crippen LogP) is 4.13. The Morgan fingerprint density at radius 2 is 1.33 bits per heavy atom. The lowest BCUT2D eigenvalue weighted by Crippen LogP contribution is -1.80. The molecule has 3 rings (SSSR count). The minimum absolute atomic E-state index is 0.154. The molecular weight excluding hydrogens is 187 g/mol. The molecular formula is C14H9F. The van der Waals surface area contributed by atoms with E-state index in [0.29, 0.717) is 5.39 Å². The van der Waals surface area contributed by atoms with Crippen LogP contribution in [0.5, 0.6) is 0 Å². The number of benzene rings is 3. The van der Waals surface area contributed by atoms with E-state index in [4.69, 9.17) is 0 Å². The third-order valence-electron chi connectivity index (χ3n) is 2.69. The normalized spacial score (nSPS) is 11.0. The molecule has 0 fully saturated rings. The van der Waals surface area contributed by atoms with E-state index in [1.54, 1.807) is 6.07 Å². The standard InChI is InChI=1S/C14H9F/c15-14-7-3-6-12-8-10-4-1-2-5-11(10)9-13(12)14/h1-9H. The molecule has 0 aromatic heterocycles. The summed E-state index contributed by atoms with van der Waals surface area (Å²) in [5.41, 5.74) is 0. The Hall–Kier alpha value is -1.89. The van der Waals surface area contributed by atoms with Crippen molar-refractivity contribution < 1.29 is 4.39 Å². The second-order valence-electron chi connectivity index (χ2n) is 3.66. The van der Waals surface area contributed by atoms with Crippen molar-refractivity contribution in [3.05, 3.63) is 60.4 Å². The van der Waals surface area contributed by atoms with Crippen LogP contribution in [0.3, 0.4) is 0 Å². The van der Waals surface area contributed by atoms with Gasteiger partial charge in [-0.2, -0.15) is 0 Å². The Bertz CT molecular complexity index is 641. The molecule has 0 nitrogen and oxygen atoms in total. The minimum Gasteiger partial charge on any atom is -0.206 e. The summed E-state index contributed by atoms with van der Waals surface area (Å²) in [7, 11) is 0. The smallest absolute Gasteiger partial charge is 0.131 e. The van der Waals surface area contributed by atoms with E-state index >= 15 is 0 Å². The molecule has 0 radical (unpaired) electrons. The van der Waals surface area contributed by atoms with Crippen LogP contribution in [0.25, 0.3) is 21.5 Å². The summed E-state index contributed by atoms with van der Waals surface area (Å²) < 4.78 is 13.5. The number of hydrogen-bond acceptors (Lipinski definition) is 0. The van der Waals surface area contributed by atoms with Gasteiger partial charge in [-0.15, -0.1) is 0 Å². The summed E-state index contributed by atoms with van der Waals surface area (Å²) in [6, 6.07) is 17.1. The van der Waals surface area contributed by atoms with E-state index in [1.165, 1.54) is 6.07 Å². The van der Waals surface area contributed by atoms with Crippen LogP contribution in [0.15, 0.2) is 54.6 Å². The molecule has 1 heteroatoms. The monoisotopic (exact) mass is 196 g/mol. The first kappa shape index (κ1) is 8.42. The van der Waals surface area contributed by atoms with Gasteiger partial charge in [0.15, 0.2) is 0 Å². The van der Waals surface area contributed by atoms with Gasteiger partial charge in [0.2, 0.25) is 0 Å². The van der Waals surface area contributed by atoms with Gasteiger partial charge in [0, 0.05) is 5.39 Å². The van der Waals surface area contributed by atoms with Crippen LogP contribution in [0, 0.1) is 5.82 Å². The Kier molecular flexibility index (Phi) is 1.72. The summed E-state index contributed by atoms with van der Waals surface area (Å²) in [6.45, 7) is 0. The maximum absolute atomic E-state index is 13.5. The molecule has 0 saturated heterocycles. The molecule has 15 heavy (non-hydrogen) atoms. The van der Waals surface area contributed by atoms with Crippen molar-refractivity contribution in [2.75, 3.05) is 0 Å². The maximum Gasteiger partial charge on any atom is 0.131 e. The number of hydrogen-bond donors (Lipinski definition) is 0. The average Bonchev–Trinajstić information content (AvgIpc) is 2.27. The summed E-state index contributed by atoms with van der Waals surface area (Å²) >= 11 is 0. The first-order valence-electron chi connectivity index (χ1n) is 4.92. The Morgan fingerprint density at radius 1 is 0.667 bits per heavy atom. The third kappa shape index (κ3) is 1.28. The molecule has 0 spiro atoms. The van der Waals surface area contributed by atoms with Crippen LogP contribution in [0.1, 0.15) is 0 Å². The first-order chi connectivity index (χ1) is 7.34. The van der Waals surface area contributed by atoms with Crippen LogP contribution in [-0.2, 0) is 0 Å². The second-order valence-corrected chi connectivity index (χ2v) is 3.66. The van der Waals surface area contributed by atoms with Crippen molar-refractivity contribution in [2.24, 2.45) is 0 Å². The van der Waals surface area contributed by atoms with Crippen molar-refractivity contribution in [1.82, 2.24) is 0 Å². The maximum atomic E-state index is 13.5. The molecule has 3 aromatic rings. The van der Waals surface area contributed by atoms with Gasteiger partial charge in [-0.05, 0) is 34.4 Å². The molecule has 0 unspecified atom stereocenters. The lowest BCUT2D eigenvalue weighted by Gasteiger charge is -2.02. The molecule has 0 bridgehead atoms. The van der Waals surface area contributed by atoms with Gasteiger partial charge < -0.3 is 0 Å². The van der Waals surface area contributed by atoms with Crippen LogP contribution >= 0.6 is 0 Å². The largest absolute Gasteiger partial charge is 0.206 e.